The Hall–Kier alpha value is -1.94. The second kappa shape index (κ2) is 5.36. The van der Waals surface area contributed by atoms with E-state index in [9.17, 15) is 26.3 Å². The fourth-order valence-electron chi connectivity index (χ4n) is 1.86. The van der Waals surface area contributed by atoms with Crippen molar-refractivity contribution in [1.82, 2.24) is 0 Å². The third-order valence-corrected chi connectivity index (χ3v) is 2.68. The summed E-state index contributed by atoms with van der Waals surface area (Å²) in [6, 6.07) is 2.43. The maximum Gasteiger partial charge on any atom is 0.573 e. The molecule has 2 rings (SSSR count). The average molecular weight is 330 g/mol. The predicted molar refractivity (Wildman–Crippen MR) is 59.8 cm³/mol. The second-order valence-corrected chi connectivity index (χ2v) is 4.30. The number of hydrogen-bond donors (Lipinski definition) is 2. The van der Waals surface area contributed by atoms with Gasteiger partial charge in [0.25, 0.3) is 0 Å². The Bertz CT molecular complexity index is 590. The van der Waals surface area contributed by atoms with Gasteiger partial charge in [0.05, 0.1) is 0 Å². The fraction of sp³-hybridized carbons (Fsp3) is 0.333. The molecule has 0 fully saturated rings. The van der Waals surface area contributed by atoms with Crippen LogP contribution in [0.5, 0.6) is 11.5 Å². The van der Waals surface area contributed by atoms with Crippen molar-refractivity contribution in [3.05, 3.63) is 29.3 Å². The summed E-state index contributed by atoms with van der Waals surface area (Å²) in [6.45, 7) is 0. The monoisotopic (exact) mass is 330 g/mol. The number of hydrogen-bond acceptors (Lipinski definition) is 4. The summed E-state index contributed by atoms with van der Waals surface area (Å²) in [4.78, 5) is 0. The molecule has 122 valence electrons. The van der Waals surface area contributed by atoms with Gasteiger partial charge in [-0.15, -0.1) is 13.2 Å². The van der Waals surface area contributed by atoms with Crippen molar-refractivity contribution in [3.8, 4) is 11.5 Å². The lowest BCUT2D eigenvalue weighted by molar-refractivity contribution is -0.274. The number of fused-ring (bicyclic) bond motifs is 1. The van der Waals surface area contributed by atoms with Crippen LogP contribution in [0.3, 0.4) is 0 Å². The van der Waals surface area contributed by atoms with Gasteiger partial charge in [0.2, 0.25) is 6.10 Å². The first-order valence-corrected chi connectivity index (χ1v) is 5.68. The van der Waals surface area contributed by atoms with Gasteiger partial charge in [-0.25, -0.2) is 0 Å². The Balaban J connectivity index is 2.41. The van der Waals surface area contributed by atoms with E-state index in [1.807, 2.05) is 0 Å². The minimum Gasteiger partial charge on any atom is -0.476 e. The lowest BCUT2D eigenvalue weighted by atomic mass is 10.0. The van der Waals surface area contributed by atoms with Gasteiger partial charge in [0.15, 0.2) is 6.29 Å². The number of aliphatic hydroxyl groups is 2. The lowest BCUT2D eigenvalue weighted by Gasteiger charge is -2.29. The third-order valence-electron chi connectivity index (χ3n) is 2.68. The molecule has 0 bridgehead atoms. The molecule has 0 saturated heterocycles. The van der Waals surface area contributed by atoms with E-state index in [2.05, 4.69) is 9.47 Å². The first-order chi connectivity index (χ1) is 9.97. The van der Waals surface area contributed by atoms with E-state index in [4.69, 9.17) is 10.2 Å². The molecule has 0 amide bonds. The van der Waals surface area contributed by atoms with Crippen LogP contribution in [0, 0.1) is 0 Å². The number of rotatable bonds is 2. The molecule has 0 saturated carbocycles. The first-order valence-electron chi connectivity index (χ1n) is 5.68. The average Bonchev–Trinajstić information content (AvgIpc) is 2.33. The van der Waals surface area contributed by atoms with E-state index in [0.717, 1.165) is 18.2 Å². The number of halogens is 6. The topological polar surface area (TPSA) is 58.9 Å². The summed E-state index contributed by atoms with van der Waals surface area (Å²) >= 11 is 0. The molecule has 1 unspecified atom stereocenters. The Morgan fingerprint density at radius 3 is 2.23 bits per heavy atom. The molecular weight excluding hydrogens is 322 g/mol. The molecule has 0 radical (unpaired) electrons. The molecule has 1 aromatic rings. The highest BCUT2D eigenvalue weighted by Crippen LogP contribution is 2.39. The van der Waals surface area contributed by atoms with Crippen molar-refractivity contribution in [2.24, 2.45) is 0 Å². The van der Waals surface area contributed by atoms with Crippen molar-refractivity contribution in [3.63, 3.8) is 0 Å². The van der Waals surface area contributed by atoms with Crippen LogP contribution in [-0.4, -0.2) is 35.1 Å². The summed E-state index contributed by atoms with van der Waals surface area (Å²) in [5, 5.41) is 18.0. The van der Waals surface area contributed by atoms with Crippen molar-refractivity contribution in [2.75, 3.05) is 0 Å². The maximum atomic E-state index is 12.8. The first kappa shape index (κ1) is 16.4. The van der Waals surface area contributed by atoms with Crippen LogP contribution in [0.15, 0.2) is 23.8 Å². The van der Waals surface area contributed by atoms with E-state index in [-0.39, 0.29) is 11.3 Å². The predicted octanol–water partition coefficient (Wildman–Crippen LogP) is 2.60. The van der Waals surface area contributed by atoms with Gasteiger partial charge in [-0.1, -0.05) is 0 Å². The van der Waals surface area contributed by atoms with Crippen molar-refractivity contribution in [2.45, 2.75) is 24.9 Å². The number of benzene rings is 1. The van der Waals surface area contributed by atoms with Gasteiger partial charge in [0.1, 0.15) is 11.5 Å². The Morgan fingerprint density at radius 2 is 1.73 bits per heavy atom. The highest BCUT2D eigenvalue weighted by Gasteiger charge is 2.47. The Morgan fingerprint density at radius 1 is 1.09 bits per heavy atom. The zero-order valence-corrected chi connectivity index (χ0v) is 10.4. The van der Waals surface area contributed by atoms with Gasteiger partial charge in [-0.3, -0.25) is 0 Å². The maximum absolute atomic E-state index is 12.8. The van der Waals surface area contributed by atoms with Gasteiger partial charge in [-0.2, -0.15) is 13.2 Å². The highest BCUT2D eigenvalue weighted by molar-refractivity contribution is 5.65. The normalized spacial score (nSPS) is 18.6. The van der Waals surface area contributed by atoms with Crippen LogP contribution >= 0.6 is 0 Å². The molecule has 0 spiro atoms. The summed E-state index contributed by atoms with van der Waals surface area (Å²) in [5.41, 5.74) is -1.14. The van der Waals surface area contributed by atoms with E-state index < -0.39 is 36.3 Å². The standard InChI is InChI=1S/C12H8F6O4/c13-11(14,15)9-7(10(19)20)4-5-3-6(22-12(16,17)18)1-2-8(5)21-9/h1-4,9-10,19-20H. The molecule has 10 heteroatoms. The number of ether oxygens (including phenoxy) is 2. The summed E-state index contributed by atoms with van der Waals surface area (Å²) in [6.07, 6.45) is -14.3. The van der Waals surface area contributed by atoms with Gasteiger partial charge < -0.3 is 19.7 Å². The smallest absolute Gasteiger partial charge is 0.476 e. The van der Waals surface area contributed by atoms with E-state index >= 15 is 0 Å². The molecule has 1 aromatic carbocycles. The van der Waals surface area contributed by atoms with E-state index in [1.54, 1.807) is 0 Å². The molecule has 1 heterocycles. The molecular formula is C12H8F6O4. The zero-order valence-electron chi connectivity index (χ0n) is 10.4. The fourth-order valence-corrected chi connectivity index (χ4v) is 1.86. The Kier molecular flexibility index (Phi) is 4.00. The van der Waals surface area contributed by atoms with Crippen LogP contribution in [-0.2, 0) is 0 Å². The molecule has 4 nitrogen and oxygen atoms in total. The minimum atomic E-state index is -4.97. The number of alkyl halides is 6. The van der Waals surface area contributed by atoms with Gasteiger partial charge >= 0.3 is 12.5 Å². The van der Waals surface area contributed by atoms with Crippen LogP contribution in [0.1, 0.15) is 5.56 Å². The van der Waals surface area contributed by atoms with Crippen LogP contribution in [0.25, 0.3) is 6.08 Å². The van der Waals surface area contributed by atoms with E-state index in [0.29, 0.717) is 6.08 Å². The molecule has 1 aliphatic heterocycles. The molecule has 2 N–H and O–H groups in total. The summed E-state index contributed by atoms with van der Waals surface area (Å²) in [7, 11) is 0. The highest BCUT2D eigenvalue weighted by atomic mass is 19.4. The van der Waals surface area contributed by atoms with Crippen LogP contribution < -0.4 is 9.47 Å². The SMILES string of the molecule is OC(O)C1=Cc2cc(OC(F)(F)F)ccc2OC1C(F)(F)F. The number of aliphatic hydroxyl groups excluding tert-OH is 1. The molecule has 0 aromatic heterocycles. The summed E-state index contributed by atoms with van der Waals surface area (Å²) < 4.78 is 82.9. The van der Waals surface area contributed by atoms with Crippen LogP contribution in [0.2, 0.25) is 0 Å². The van der Waals surface area contributed by atoms with Gasteiger partial charge in [0, 0.05) is 11.1 Å². The molecule has 1 aliphatic rings. The molecule has 0 aliphatic carbocycles. The van der Waals surface area contributed by atoms with Crippen LogP contribution in [0.4, 0.5) is 26.3 Å². The van der Waals surface area contributed by atoms with Crippen molar-refractivity contribution in [1.29, 1.82) is 0 Å². The van der Waals surface area contributed by atoms with E-state index in [1.165, 1.54) is 0 Å². The van der Waals surface area contributed by atoms with Gasteiger partial charge in [-0.05, 0) is 24.3 Å². The van der Waals surface area contributed by atoms with Crippen molar-refractivity contribution < 1.29 is 46.0 Å². The lowest BCUT2D eigenvalue weighted by Crippen LogP contribution is -2.41. The zero-order chi connectivity index (χ0) is 16.7. The third kappa shape index (κ3) is 3.63. The van der Waals surface area contributed by atoms with Crippen molar-refractivity contribution >= 4 is 6.08 Å². The summed E-state index contributed by atoms with van der Waals surface area (Å²) in [5.74, 6) is -1.04. The largest absolute Gasteiger partial charge is 0.573 e. The minimum absolute atomic E-state index is 0.203. The molecule has 22 heavy (non-hydrogen) atoms. The quantitative estimate of drug-likeness (QED) is 0.646. The molecule has 1 atom stereocenters. The Labute approximate surface area is 119 Å². The second-order valence-electron chi connectivity index (χ2n) is 4.30.